The highest BCUT2D eigenvalue weighted by Gasteiger charge is 2.07. The fraction of sp³-hybridized carbons (Fsp3) is 0.167. The molecule has 3 aromatic rings. The lowest BCUT2D eigenvalue weighted by Crippen LogP contribution is -1.81. The van der Waals surface area contributed by atoms with E-state index < -0.39 is 0 Å². The molecular formula is C12H10N2S2. The Morgan fingerprint density at radius 1 is 1.19 bits per heavy atom. The molecule has 2 aromatic heterocycles. The maximum atomic E-state index is 4.54. The zero-order valence-corrected chi connectivity index (χ0v) is 10.7. The molecule has 0 amide bonds. The number of aromatic nitrogens is 2. The average molecular weight is 246 g/mol. The van der Waals surface area contributed by atoms with E-state index in [1.54, 1.807) is 22.7 Å². The second-order valence-electron chi connectivity index (χ2n) is 3.75. The van der Waals surface area contributed by atoms with Gasteiger partial charge < -0.3 is 0 Å². The second kappa shape index (κ2) is 3.64. The van der Waals surface area contributed by atoms with Crippen molar-refractivity contribution in [2.75, 3.05) is 0 Å². The molecule has 1 aromatic carbocycles. The van der Waals surface area contributed by atoms with Crippen LogP contribution in [0.4, 0.5) is 0 Å². The quantitative estimate of drug-likeness (QED) is 0.647. The van der Waals surface area contributed by atoms with E-state index in [-0.39, 0.29) is 0 Å². The molecule has 16 heavy (non-hydrogen) atoms. The van der Waals surface area contributed by atoms with E-state index in [9.17, 15) is 0 Å². The molecule has 0 atom stereocenters. The second-order valence-corrected chi connectivity index (χ2v) is 5.67. The molecule has 0 bridgehead atoms. The molecule has 3 rings (SSSR count). The van der Waals surface area contributed by atoms with Gasteiger partial charge in [0.1, 0.15) is 0 Å². The zero-order chi connectivity index (χ0) is 11.1. The molecule has 2 nitrogen and oxygen atoms in total. The first-order valence-corrected chi connectivity index (χ1v) is 6.76. The van der Waals surface area contributed by atoms with Crippen molar-refractivity contribution in [2.24, 2.45) is 0 Å². The topological polar surface area (TPSA) is 25.8 Å². The predicted octanol–water partition coefficient (Wildman–Crippen LogP) is 4.04. The van der Waals surface area contributed by atoms with E-state index in [2.05, 4.69) is 34.4 Å². The number of benzene rings is 1. The number of hydrogen-bond acceptors (Lipinski definition) is 4. The normalized spacial score (nSPS) is 11.1. The molecular weight excluding hydrogens is 236 g/mol. The average Bonchev–Trinajstić information content (AvgIpc) is 2.84. The molecule has 0 spiro atoms. The molecule has 2 heterocycles. The third-order valence-electron chi connectivity index (χ3n) is 2.51. The summed E-state index contributed by atoms with van der Waals surface area (Å²) >= 11 is 3.38. The number of thiazole rings is 2. The van der Waals surface area contributed by atoms with E-state index in [0.717, 1.165) is 21.8 Å². The van der Waals surface area contributed by atoms with Crippen LogP contribution in [0.3, 0.4) is 0 Å². The summed E-state index contributed by atoms with van der Waals surface area (Å²) < 4.78 is 1.29. The Balaban J connectivity index is 2.28. The van der Waals surface area contributed by atoms with E-state index >= 15 is 0 Å². The maximum absolute atomic E-state index is 4.54. The molecule has 0 aliphatic heterocycles. The number of hydrogen-bond donors (Lipinski definition) is 0. The van der Waals surface area contributed by atoms with Gasteiger partial charge in [0, 0.05) is 10.9 Å². The minimum absolute atomic E-state index is 1.04. The van der Waals surface area contributed by atoms with Gasteiger partial charge in [-0.1, -0.05) is 0 Å². The lowest BCUT2D eigenvalue weighted by atomic mass is 10.1. The number of fused-ring (bicyclic) bond motifs is 1. The van der Waals surface area contributed by atoms with Crippen molar-refractivity contribution >= 4 is 32.9 Å². The summed E-state index contributed by atoms with van der Waals surface area (Å²) in [6.07, 6.45) is 0. The van der Waals surface area contributed by atoms with Gasteiger partial charge in [-0.15, -0.1) is 22.7 Å². The summed E-state index contributed by atoms with van der Waals surface area (Å²) in [7, 11) is 0. The summed E-state index contributed by atoms with van der Waals surface area (Å²) in [6, 6.07) is 4.32. The van der Waals surface area contributed by atoms with Gasteiger partial charge in [-0.3, -0.25) is 0 Å². The van der Waals surface area contributed by atoms with Crippen molar-refractivity contribution < 1.29 is 0 Å². The molecule has 0 N–H and O–H groups in total. The predicted molar refractivity (Wildman–Crippen MR) is 70.2 cm³/mol. The minimum Gasteiger partial charge on any atom is -0.245 e. The third kappa shape index (κ3) is 1.54. The van der Waals surface area contributed by atoms with Crippen molar-refractivity contribution in [3.05, 3.63) is 33.6 Å². The Morgan fingerprint density at radius 3 is 2.81 bits per heavy atom. The Hall–Kier alpha value is -1.26. The largest absolute Gasteiger partial charge is 0.245 e. The summed E-state index contributed by atoms with van der Waals surface area (Å²) in [6.45, 7) is 4.18. The van der Waals surface area contributed by atoms with Gasteiger partial charge in [-0.25, -0.2) is 9.97 Å². The maximum Gasteiger partial charge on any atom is 0.0907 e. The molecule has 0 aliphatic carbocycles. The first kappa shape index (κ1) is 9.93. The van der Waals surface area contributed by atoms with Gasteiger partial charge >= 0.3 is 0 Å². The van der Waals surface area contributed by atoms with Gasteiger partial charge in [0.2, 0.25) is 0 Å². The first-order valence-electron chi connectivity index (χ1n) is 5.00. The Labute approximate surface area is 102 Å². The van der Waals surface area contributed by atoms with Gasteiger partial charge in [0.25, 0.3) is 0 Å². The van der Waals surface area contributed by atoms with Gasteiger partial charge in [0.05, 0.1) is 26.4 Å². The third-order valence-corrected chi connectivity index (χ3v) is 4.22. The van der Waals surface area contributed by atoms with Crippen LogP contribution in [0.2, 0.25) is 0 Å². The van der Waals surface area contributed by atoms with E-state index in [4.69, 9.17) is 0 Å². The van der Waals surface area contributed by atoms with Crippen molar-refractivity contribution in [3.8, 4) is 11.3 Å². The molecule has 0 unspecified atom stereocenters. The van der Waals surface area contributed by atoms with Crippen LogP contribution < -0.4 is 0 Å². The Kier molecular flexibility index (Phi) is 2.26. The summed E-state index contributed by atoms with van der Waals surface area (Å²) in [4.78, 5) is 8.87. The fourth-order valence-corrected chi connectivity index (χ4v) is 3.24. The highest BCUT2D eigenvalue weighted by atomic mass is 32.1. The highest BCUT2D eigenvalue weighted by molar-refractivity contribution is 7.18. The Morgan fingerprint density at radius 2 is 2.06 bits per heavy atom. The van der Waals surface area contributed by atoms with Crippen molar-refractivity contribution in [1.82, 2.24) is 9.97 Å². The van der Waals surface area contributed by atoms with Crippen LogP contribution in [0, 0.1) is 13.8 Å². The summed E-state index contributed by atoms with van der Waals surface area (Å²) in [5, 5.41) is 3.19. The molecule has 0 radical (unpaired) electrons. The van der Waals surface area contributed by atoms with Crippen molar-refractivity contribution in [3.63, 3.8) is 0 Å². The zero-order valence-electron chi connectivity index (χ0n) is 9.02. The SMILES string of the molecule is Cc1nc2cc(-c3cscn3)cc(C)c2s1. The van der Waals surface area contributed by atoms with Gasteiger partial charge in [0.15, 0.2) is 0 Å². The minimum atomic E-state index is 1.04. The van der Waals surface area contributed by atoms with E-state index in [0.29, 0.717) is 0 Å². The van der Waals surface area contributed by atoms with E-state index in [1.165, 1.54) is 10.3 Å². The molecule has 0 saturated carbocycles. The van der Waals surface area contributed by atoms with Crippen LogP contribution in [-0.4, -0.2) is 9.97 Å². The molecule has 0 fully saturated rings. The Bertz CT molecular complexity index is 638. The summed E-state index contributed by atoms with van der Waals surface area (Å²) in [5.41, 5.74) is 6.44. The number of rotatable bonds is 1. The number of aryl methyl sites for hydroxylation is 2. The van der Waals surface area contributed by atoms with Crippen LogP contribution in [0.25, 0.3) is 21.5 Å². The van der Waals surface area contributed by atoms with Crippen LogP contribution >= 0.6 is 22.7 Å². The first-order chi connectivity index (χ1) is 7.74. The van der Waals surface area contributed by atoms with Crippen LogP contribution in [0.5, 0.6) is 0 Å². The fourth-order valence-electron chi connectivity index (χ4n) is 1.81. The smallest absolute Gasteiger partial charge is 0.0907 e. The van der Waals surface area contributed by atoms with Crippen LogP contribution in [0.15, 0.2) is 23.0 Å². The molecule has 0 aliphatic rings. The van der Waals surface area contributed by atoms with Crippen molar-refractivity contribution in [2.45, 2.75) is 13.8 Å². The summed E-state index contributed by atoms with van der Waals surface area (Å²) in [5.74, 6) is 0. The standard InChI is InChI=1S/C12H10N2S2/c1-7-3-9(11-5-15-6-13-11)4-10-12(7)16-8(2)14-10/h3-6H,1-2H3. The lowest BCUT2D eigenvalue weighted by Gasteiger charge is -2.00. The van der Waals surface area contributed by atoms with Crippen molar-refractivity contribution in [1.29, 1.82) is 0 Å². The van der Waals surface area contributed by atoms with Gasteiger partial charge in [-0.2, -0.15) is 0 Å². The number of nitrogens with zero attached hydrogens (tertiary/aromatic N) is 2. The van der Waals surface area contributed by atoms with Gasteiger partial charge in [-0.05, 0) is 31.5 Å². The van der Waals surface area contributed by atoms with Crippen LogP contribution in [-0.2, 0) is 0 Å². The molecule has 4 heteroatoms. The molecule has 0 saturated heterocycles. The lowest BCUT2D eigenvalue weighted by molar-refractivity contribution is 1.34. The van der Waals surface area contributed by atoms with Crippen LogP contribution in [0.1, 0.15) is 10.6 Å². The monoisotopic (exact) mass is 246 g/mol. The van der Waals surface area contributed by atoms with E-state index in [1.807, 2.05) is 12.4 Å². The molecule has 80 valence electrons. The highest BCUT2D eigenvalue weighted by Crippen LogP contribution is 2.30.